The molecule has 1 aromatic carbocycles. The van der Waals surface area contributed by atoms with Crippen LogP contribution in [0.4, 0.5) is 0 Å². The fraction of sp³-hybridized carbons (Fsp3) is 0.105. The number of halogens is 2. The van der Waals surface area contributed by atoms with Crippen molar-refractivity contribution in [3.05, 3.63) is 91.3 Å². The van der Waals surface area contributed by atoms with E-state index in [1.165, 1.54) is 0 Å². The molecule has 0 fully saturated rings. The number of hydrogen-bond acceptors (Lipinski definition) is 4. The van der Waals surface area contributed by atoms with E-state index in [2.05, 4.69) is 20.9 Å². The van der Waals surface area contributed by atoms with Gasteiger partial charge in [0.05, 0.1) is 3.79 Å². The first-order chi connectivity index (χ1) is 12.0. The molecule has 0 bridgehead atoms. The lowest BCUT2D eigenvalue weighted by Crippen LogP contribution is -2.07. The summed E-state index contributed by atoms with van der Waals surface area (Å²) in [6.45, 7) is 0. The number of rotatable bonds is 5. The number of pyridine rings is 1. The molecule has 0 saturated carbocycles. The summed E-state index contributed by atoms with van der Waals surface area (Å²) in [6.07, 6.45) is 2.70. The zero-order valence-corrected chi connectivity index (χ0v) is 16.2. The second-order valence-corrected chi connectivity index (χ2v) is 8.44. The molecule has 0 radical (unpaired) electrons. The maximum Gasteiger partial charge on any atom is 0.125 e. The fourth-order valence-electron chi connectivity index (χ4n) is 2.50. The van der Waals surface area contributed by atoms with Crippen LogP contribution in [0.5, 0.6) is 0 Å². The van der Waals surface area contributed by atoms with Crippen molar-refractivity contribution in [1.29, 1.82) is 0 Å². The van der Waals surface area contributed by atoms with Gasteiger partial charge in [-0.2, -0.15) is 0 Å². The zero-order valence-electron chi connectivity index (χ0n) is 13.1. The van der Waals surface area contributed by atoms with Crippen molar-refractivity contribution in [3.8, 4) is 0 Å². The minimum Gasteiger partial charge on any atom is -0.507 e. The van der Waals surface area contributed by atoms with Crippen LogP contribution in [0.15, 0.2) is 70.3 Å². The summed E-state index contributed by atoms with van der Waals surface area (Å²) >= 11 is 11.1. The summed E-state index contributed by atoms with van der Waals surface area (Å²) in [5.74, 6) is 0.0309. The predicted molar refractivity (Wildman–Crippen MR) is 106 cm³/mol. The highest BCUT2D eigenvalue weighted by Crippen LogP contribution is 2.33. The monoisotopic (exact) mass is 435 g/mol. The van der Waals surface area contributed by atoms with Crippen LogP contribution in [-0.4, -0.2) is 15.2 Å². The van der Waals surface area contributed by atoms with Gasteiger partial charge in [0.15, 0.2) is 0 Å². The van der Waals surface area contributed by atoms with Crippen molar-refractivity contribution in [3.63, 3.8) is 0 Å². The van der Waals surface area contributed by atoms with E-state index in [-0.39, 0.29) is 5.76 Å². The van der Waals surface area contributed by atoms with Crippen LogP contribution in [0.3, 0.4) is 0 Å². The minimum atomic E-state index is -0.964. The van der Waals surface area contributed by atoms with E-state index >= 15 is 0 Å². The highest BCUT2D eigenvalue weighted by atomic mass is 79.9. The number of aromatic nitrogens is 1. The van der Waals surface area contributed by atoms with Crippen LogP contribution in [0.1, 0.15) is 22.1 Å². The van der Waals surface area contributed by atoms with Gasteiger partial charge < -0.3 is 10.2 Å². The Morgan fingerprint density at radius 2 is 2.04 bits per heavy atom. The van der Waals surface area contributed by atoms with Crippen molar-refractivity contribution in [2.75, 3.05) is 0 Å². The Labute approximate surface area is 163 Å². The van der Waals surface area contributed by atoms with Gasteiger partial charge in [-0.3, -0.25) is 4.98 Å². The summed E-state index contributed by atoms with van der Waals surface area (Å²) in [5.41, 5.74) is 1.70. The van der Waals surface area contributed by atoms with Gasteiger partial charge in [0, 0.05) is 45.4 Å². The van der Waals surface area contributed by atoms with Crippen LogP contribution >= 0.6 is 38.9 Å². The molecule has 0 amide bonds. The van der Waals surface area contributed by atoms with Gasteiger partial charge in [0.1, 0.15) is 11.9 Å². The first-order valence-electron chi connectivity index (χ1n) is 7.54. The number of nitrogens with zero attached hydrogens (tertiary/aromatic N) is 1. The molecule has 2 N–H and O–H groups in total. The van der Waals surface area contributed by atoms with Crippen LogP contribution in [0, 0.1) is 0 Å². The number of hydrogen-bond donors (Lipinski definition) is 2. The molecule has 0 aliphatic rings. The maximum atomic E-state index is 10.9. The molecule has 3 rings (SSSR count). The summed E-state index contributed by atoms with van der Waals surface area (Å²) < 4.78 is 1.000. The van der Waals surface area contributed by atoms with E-state index in [4.69, 9.17) is 11.6 Å². The largest absolute Gasteiger partial charge is 0.507 e. The first-order valence-corrected chi connectivity index (χ1v) is 9.53. The quantitative estimate of drug-likeness (QED) is 0.497. The Morgan fingerprint density at radius 3 is 2.68 bits per heavy atom. The molecule has 1 unspecified atom stereocenters. The first kappa shape index (κ1) is 18.1. The van der Waals surface area contributed by atoms with Crippen LogP contribution < -0.4 is 0 Å². The third-order valence-electron chi connectivity index (χ3n) is 3.73. The van der Waals surface area contributed by atoms with Gasteiger partial charge in [0.2, 0.25) is 0 Å². The Balaban J connectivity index is 2.06. The van der Waals surface area contributed by atoms with E-state index in [0.717, 1.165) is 8.66 Å². The van der Waals surface area contributed by atoms with Crippen molar-refractivity contribution < 1.29 is 10.2 Å². The molecule has 0 saturated heterocycles. The fourth-order valence-corrected chi connectivity index (χ4v) is 4.20. The molecular weight excluding hydrogens is 422 g/mol. The SMILES string of the molecule is O/C(=C(\Cc1ccc(Br)s1)C(O)c1cccnc1)c1cccc(Cl)c1. The van der Waals surface area contributed by atoms with Gasteiger partial charge in [0.25, 0.3) is 0 Å². The Bertz CT molecular complexity index is 895. The lowest BCUT2D eigenvalue weighted by molar-refractivity contribution is 0.210. The van der Waals surface area contributed by atoms with Gasteiger partial charge in [-0.15, -0.1) is 11.3 Å². The standard InChI is InChI=1S/C19H15BrClNO2S/c20-17-7-6-15(25-17)10-16(19(24)13-4-2-8-22-11-13)18(23)12-3-1-5-14(21)9-12/h1-9,11,19,23-24H,10H2/b18-16+. The average Bonchev–Trinajstić information content (AvgIpc) is 3.04. The minimum absolute atomic E-state index is 0.0309. The number of aliphatic hydroxyl groups is 2. The van der Waals surface area contributed by atoms with Crippen molar-refractivity contribution in [2.24, 2.45) is 0 Å². The smallest absolute Gasteiger partial charge is 0.125 e. The van der Waals surface area contributed by atoms with Crippen molar-refractivity contribution in [2.45, 2.75) is 12.5 Å². The maximum absolute atomic E-state index is 10.9. The lowest BCUT2D eigenvalue weighted by atomic mass is 9.95. The van der Waals surface area contributed by atoms with Gasteiger partial charge >= 0.3 is 0 Å². The molecule has 6 heteroatoms. The van der Waals surface area contributed by atoms with Crippen LogP contribution in [0.2, 0.25) is 5.02 Å². The third kappa shape index (κ3) is 4.50. The van der Waals surface area contributed by atoms with Crippen LogP contribution in [0.25, 0.3) is 5.76 Å². The molecule has 2 heterocycles. The molecule has 2 aromatic heterocycles. The second kappa shape index (κ2) is 8.15. The third-order valence-corrected chi connectivity index (χ3v) is 5.58. The molecular formula is C19H15BrClNO2S. The summed E-state index contributed by atoms with van der Waals surface area (Å²) in [4.78, 5) is 5.08. The van der Waals surface area contributed by atoms with Gasteiger partial charge in [-0.25, -0.2) is 0 Å². The summed E-state index contributed by atoms with van der Waals surface area (Å²) in [5, 5.41) is 22.2. The molecule has 25 heavy (non-hydrogen) atoms. The number of aliphatic hydroxyl groups excluding tert-OH is 2. The Hall–Kier alpha value is -1.66. The highest BCUT2D eigenvalue weighted by Gasteiger charge is 2.20. The van der Waals surface area contributed by atoms with E-state index in [1.54, 1.807) is 60.1 Å². The summed E-state index contributed by atoms with van der Waals surface area (Å²) in [6, 6.07) is 14.4. The lowest BCUT2D eigenvalue weighted by Gasteiger charge is -2.17. The molecule has 0 aliphatic heterocycles. The average molecular weight is 437 g/mol. The molecule has 128 valence electrons. The van der Waals surface area contributed by atoms with Crippen molar-refractivity contribution >= 4 is 44.6 Å². The molecule has 1 atom stereocenters. The molecule has 3 nitrogen and oxygen atoms in total. The molecule has 0 spiro atoms. The number of benzene rings is 1. The Kier molecular flexibility index (Phi) is 5.91. The summed E-state index contributed by atoms with van der Waals surface area (Å²) in [7, 11) is 0. The van der Waals surface area contributed by atoms with E-state index in [9.17, 15) is 10.2 Å². The van der Waals surface area contributed by atoms with E-state index in [1.807, 2.05) is 12.1 Å². The predicted octanol–water partition coefficient (Wildman–Crippen LogP) is 5.80. The Morgan fingerprint density at radius 1 is 1.20 bits per heavy atom. The van der Waals surface area contributed by atoms with E-state index < -0.39 is 6.10 Å². The van der Waals surface area contributed by atoms with Gasteiger partial charge in [-0.1, -0.05) is 29.8 Å². The molecule has 3 aromatic rings. The highest BCUT2D eigenvalue weighted by molar-refractivity contribution is 9.11. The van der Waals surface area contributed by atoms with Gasteiger partial charge in [-0.05, 0) is 46.3 Å². The number of thiophene rings is 1. The second-order valence-electron chi connectivity index (χ2n) is 5.46. The normalized spacial score (nSPS) is 13.4. The van der Waals surface area contributed by atoms with E-state index in [0.29, 0.717) is 28.1 Å². The topological polar surface area (TPSA) is 53.4 Å². The molecule has 0 aliphatic carbocycles. The van der Waals surface area contributed by atoms with Crippen molar-refractivity contribution in [1.82, 2.24) is 4.98 Å². The zero-order chi connectivity index (χ0) is 17.8. The van der Waals surface area contributed by atoms with Crippen LogP contribution in [-0.2, 0) is 6.42 Å².